The van der Waals surface area contributed by atoms with Crippen LogP contribution in [-0.4, -0.2) is 53.7 Å². The van der Waals surface area contributed by atoms with Crippen LogP contribution in [0.25, 0.3) is 0 Å². The van der Waals surface area contributed by atoms with Gasteiger partial charge >= 0.3 is 0 Å². The number of carbonyl (C=O) groups excluding carboxylic acids is 3. The molecule has 0 atom stereocenters. The van der Waals surface area contributed by atoms with E-state index < -0.39 is 0 Å². The molecule has 25 heavy (non-hydrogen) atoms. The molecule has 6 heteroatoms. The minimum absolute atomic E-state index is 0.109. The molecule has 2 aliphatic heterocycles. The lowest BCUT2D eigenvalue weighted by molar-refractivity contribution is -0.128. The molecule has 1 aromatic carbocycles. The molecule has 0 spiro atoms. The highest BCUT2D eigenvalue weighted by Crippen LogP contribution is 2.15. The second kappa shape index (κ2) is 8.14. The van der Waals surface area contributed by atoms with Crippen LogP contribution in [0.2, 0.25) is 0 Å². The van der Waals surface area contributed by atoms with E-state index in [9.17, 15) is 14.4 Å². The summed E-state index contributed by atoms with van der Waals surface area (Å²) in [6.07, 6.45) is 3.90. The van der Waals surface area contributed by atoms with Crippen molar-refractivity contribution in [1.29, 1.82) is 0 Å². The number of rotatable bonds is 7. The predicted molar refractivity (Wildman–Crippen MR) is 93.9 cm³/mol. The highest BCUT2D eigenvalue weighted by molar-refractivity contribution is 5.94. The van der Waals surface area contributed by atoms with Crippen LogP contribution < -0.4 is 5.32 Å². The van der Waals surface area contributed by atoms with Crippen LogP contribution in [0.5, 0.6) is 0 Å². The molecule has 0 unspecified atom stereocenters. The molecule has 3 rings (SSSR count). The molecule has 0 radical (unpaired) electrons. The minimum Gasteiger partial charge on any atom is -0.352 e. The lowest BCUT2D eigenvalue weighted by Gasteiger charge is -2.16. The Labute approximate surface area is 148 Å². The maximum absolute atomic E-state index is 12.3. The van der Waals surface area contributed by atoms with Crippen molar-refractivity contribution in [1.82, 2.24) is 15.1 Å². The standard InChI is InChI=1S/C19H25N3O3/c23-17-7-2-10-21(17)12-4-9-20-19(25)16-6-1-5-15(13-16)14-22-11-3-8-18(22)24/h1,5-6,13H,2-4,7-12,14H2,(H,20,25). The summed E-state index contributed by atoms with van der Waals surface area (Å²) in [6.45, 7) is 3.46. The van der Waals surface area contributed by atoms with Crippen LogP contribution in [0.4, 0.5) is 0 Å². The van der Waals surface area contributed by atoms with E-state index in [0.29, 0.717) is 38.0 Å². The van der Waals surface area contributed by atoms with Gasteiger partial charge in [0.1, 0.15) is 0 Å². The normalized spacial score (nSPS) is 17.4. The lowest BCUT2D eigenvalue weighted by atomic mass is 10.1. The summed E-state index contributed by atoms with van der Waals surface area (Å²) in [5, 5.41) is 2.91. The van der Waals surface area contributed by atoms with Gasteiger partial charge in [0, 0.05) is 51.1 Å². The van der Waals surface area contributed by atoms with E-state index in [2.05, 4.69) is 5.32 Å². The number of benzene rings is 1. The number of nitrogens with zero attached hydrogens (tertiary/aromatic N) is 2. The van der Waals surface area contributed by atoms with Crippen molar-refractivity contribution in [2.75, 3.05) is 26.2 Å². The zero-order valence-electron chi connectivity index (χ0n) is 14.5. The maximum Gasteiger partial charge on any atom is 0.251 e. The molecule has 2 fully saturated rings. The van der Waals surface area contributed by atoms with Crippen LogP contribution >= 0.6 is 0 Å². The van der Waals surface area contributed by atoms with Gasteiger partial charge < -0.3 is 15.1 Å². The first kappa shape index (κ1) is 17.5. The monoisotopic (exact) mass is 343 g/mol. The fraction of sp³-hybridized carbons (Fsp3) is 0.526. The first-order valence-corrected chi connectivity index (χ1v) is 9.06. The quantitative estimate of drug-likeness (QED) is 0.764. The lowest BCUT2D eigenvalue weighted by Crippen LogP contribution is -2.30. The molecule has 2 aliphatic rings. The van der Waals surface area contributed by atoms with Gasteiger partial charge in [-0.05, 0) is 37.0 Å². The molecule has 2 heterocycles. The molecule has 2 saturated heterocycles. The molecular formula is C19H25N3O3. The van der Waals surface area contributed by atoms with Crippen LogP contribution in [0, 0.1) is 0 Å². The Morgan fingerprint density at radius 3 is 2.44 bits per heavy atom. The zero-order valence-corrected chi connectivity index (χ0v) is 14.5. The Morgan fingerprint density at radius 2 is 1.76 bits per heavy atom. The molecular weight excluding hydrogens is 318 g/mol. The smallest absolute Gasteiger partial charge is 0.251 e. The topological polar surface area (TPSA) is 69.7 Å². The average Bonchev–Trinajstić information content (AvgIpc) is 3.20. The fourth-order valence-corrected chi connectivity index (χ4v) is 3.42. The number of hydrogen-bond donors (Lipinski definition) is 1. The summed E-state index contributed by atoms with van der Waals surface area (Å²) < 4.78 is 0. The fourth-order valence-electron chi connectivity index (χ4n) is 3.42. The highest BCUT2D eigenvalue weighted by atomic mass is 16.2. The van der Waals surface area contributed by atoms with Crippen molar-refractivity contribution >= 4 is 17.7 Å². The predicted octanol–water partition coefficient (Wildman–Crippen LogP) is 1.55. The van der Waals surface area contributed by atoms with E-state index in [1.807, 2.05) is 28.0 Å². The molecule has 1 N–H and O–H groups in total. The number of nitrogens with one attached hydrogen (secondary N) is 1. The van der Waals surface area contributed by atoms with Crippen molar-refractivity contribution in [3.05, 3.63) is 35.4 Å². The zero-order chi connectivity index (χ0) is 17.6. The molecule has 1 aromatic rings. The molecule has 0 aromatic heterocycles. The van der Waals surface area contributed by atoms with Gasteiger partial charge in [0.25, 0.3) is 5.91 Å². The van der Waals surface area contributed by atoms with E-state index in [1.165, 1.54) is 0 Å². The molecule has 0 saturated carbocycles. The number of likely N-dealkylation sites (tertiary alicyclic amines) is 2. The van der Waals surface area contributed by atoms with Gasteiger partial charge in [0.15, 0.2) is 0 Å². The third kappa shape index (κ3) is 4.59. The van der Waals surface area contributed by atoms with Crippen LogP contribution in [0.3, 0.4) is 0 Å². The first-order valence-electron chi connectivity index (χ1n) is 9.06. The summed E-state index contributed by atoms with van der Waals surface area (Å²) in [6, 6.07) is 7.44. The molecule has 134 valence electrons. The van der Waals surface area contributed by atoms with Crippen molar-refractivity contribution < 1.29 is 14.4 Å². The van der Waals surface area contributed by atoms with Gasteiger partial charge in [-0.25, -0.2) is 0 Å². The van der Waals surface area contributed by atoms with E-state index in [4.69, 9.17) is 0 Å². The van der Waals surface area contributed by atoms with Crippen LogP contribution in [0.1, 0.15) is 48.0 Å². The van der Waals surface area contributed by atoms with Crippen molar-refractivity contribution in [3.8, 4) is 0 Å². The summed E-state index contributed by atoms with van der Waals surface area (Å²) in [5.41, 5.74) is 1.59. The molecule has 6 nitrogen and oxygen atoms in total. The summed E-state index contributed by atoms with van der Waals surface area (Å²) in [7, 11) is 0. The van der Waals surface area contributed by atoms with Gasteiger partial charge in [-0.1, -0.05) is 12.1 Å². The third-order valence-electron chi connectivity index (χ3n) is 4.80. The van der Waals surface area contributed by atoms with Gasteiger partial charge in [-0.2, -0.15) is 0 Å². The second-order valence-electron chi connectivity index (χ2n) is 6.71. The van der Waals surface area contributed by atoms with Crippen molar-refractivity contribution in [3.63, 3.8) is 0 Å². The summed E-state index contributed by atoms with van der Waals surface area (Å²) in [4.78, 5) is 39.2. The third-order valence-corrected chi connectivity index (χ3v) is 4.80. The Bertz CT molecular complexity index is 659. The van der Waals surface area contributed by atoms with E-state index in [1.54, 1.807) is 6.07 Å². The number of amides is 3. The van der Waals surface area contributed by atoms with Gasteiger partial charge in [-0.3, -0.25) is 14.4 Å². The Morgan fingerprint density at radius 1 is 1.04 bits per heavy atom. The van der Waals surface area contributed by atoms with E-state index in [0.717, 1.165) is 37.9 Å². The highest BCUT2D eigenvalue weighted by Gasteiger charge is 2.21. The van der Waals surface area contributed by atoms with Gasteiger partial charge in [0.2, 0.25) is 11.8 Å². The van der Waals surface area contributed by atoms with Crippen LogP contribution in [0.15, 0.2) is 24.3 Å². The SMILES string of the molecule is O=C(NCCCN1CCCC1=O)c1cccc(CN2CCCC2=O)c1. The van der Waals surface area contributed by atoms with Crippen LogP contribution in [-0.2, 0) is 16.1 Å². The van der Waals surface area contributed by atoms with Crippen molar-refractivity contribution in [2.45, 2.75) is 38.6 Å². The average molecular weight is 343 g/mol. The number of carbonyl (C=O) groups is 3. The van der Waals surface area contributed by atoms with Crippen molar-refractivity contribution in [2.24, 2.45) is 0 Å². The summed E-state index contributed by atoms with van der Waals surface area (Å²) in [5.74, 6) is 0.296. The maximum atomic E-state index is 12.3. The van der Waals surface area contributed by atoms with E-state index >= 15 is 0 Å². The summed E-state index contributed by atoms with van der Waals surface area (Å²) >= 11 is 0. The van der Waals surface area contributed by atoms with Gasteiger partial charge in [-0.15, -0.1) is 0 Å². The number of hydrogen-bond acceptors (Lipinski definition) is 3. The molecule has 0 aliphatic carbocycles. The Balaban J connectivity index is 1.46. The largest absolute Gasteiger partial charge is 0.352 e. The first-order chi connectivity index (χ1) is 12.1. The van der Waals surface area contributed by atoms with E-state index in [-0.39, 0.29) is 17.7 Å². The molecule has 0 bridgehead atoms. The minimum atomic E-state index is -0.109. The second-order valence-corrected chi connectivity index (χ2v) is 6.71. The molecule has 3 amide bonds. The Hall–Kier alpha value is -2.37. The van der Waals surface area contributed by atoms with Gasteiger partial charge in [0.05, 0.1) is 0 Å². The Kier molecular flexibility index (Phi) is 5.68.